The SMILES string of the molecule is O=C(Nc1ccc(CCNc2n[nH]c(=O)c3ccccc23)cc1)Nc1ccc(Cl)c(C(F)(F)F)c1. The first kappa shape index (κ1) is 24.1. The Kier molecular flexibility index (Phi) is 6.92. The zero-order valence-corrected chi connectivity index (χ0v) is 18.8. The fraction of sp³-hybridized carbons (Fsp3) is 0.125. The molecular weight excluding hydrogens is 483 g/mol. The lowest BCUT2D eigenvalue weighted by molar-refractivity contribution is -0.137. The highest BCUT2D eigenvalue weighted by atomic mass is 35.5. The Balaban J connectivity index is 1.32. The summed E-state index contributed by atoms with van der Waals surface area (Å²) in [6.45, 7) is 0.550. The van der Waals surface area contributed by atoms with Crippen molar-refractivity contribution in [3.8, 4) is 0 Å². The summed E-state index contributed by atoms with van der Waals surface area (Å²) in [5.74, 6) is 0.575. The summed E-state index contributed by atoms with van der Waals surface area (Å²) in [4.78, 5) is 24.1. The summed E-state index contributed by atoms with van der Waals surface area (Å²) >= 11 is 5.59. The Morgan fingerprint density at radius 2 is 1.60 bits per heavy atom. The van der Waals surface area contributed by atoms with E-state index in [4.69, 9.17) is 11.6 Å². The van der Waals surface area contributed by atoms with Crippen molar-refractivity contribution in [1.82, 2.24) is 10.2 Å². The lowest BCUT2D eigenvalue weighted by Gasteiger charge is -2.12. The summed E-state index contributed by atoms with van der Waals surface area (Å²) in [5.41, 5.74) is 0.127. The first-order valence-corrected chi connectivity index (χ1v) is 10.8. The highest BCUT2D eigenvalue weighted by Gasteiger charge is 2.33. The molecule has 0 fully saturated rings. The van der Waals surface area contributed by atoms with Crippen molar-refractivity contribution >= 4 is 45.6 Å². The second kappa shape index (κ2) is 10.1. The van der Waals surface area contributed by atoms with Gasteiger partial charge in [0.05, 0.1) is 16.0 Å². The summed E-state index contributed by atoms with van der Waals surface area (Å²) in [7, 11) is 0. The van der Waals surface area contributed by atoms with E-state index >= 15 is 0 Å². The van der Waals surface area contributed by atoms with E-state index in [-0.39, 0.29) is 11.2 Å². The molecule has 0 aliphatic carbocycles. The van der Waals surface area contributed by atoms with Gasteiger partial charge in [-0.15, -0.1) is 0 Å². The molecule has 0 aliphatic rings. The Labute approximate surface area is 202 Å². The van der Waals surface area contributed by atoms with E-state index in [1.807, 2.05) is 24.3 Å². The van der Waals surface area contributed by atoms with E-state index in [1.54, 1.807) is 24.3 Å². The van der Waals surface area contributed by atoms with E-state index in [9.17, 15) is 22.8 Å². The number of aromatic nitrogens is 2. The average Bonchev–Trinajstić information content (AvgIpc) is 2.82. The smallest absolute Gasteiger partial charge is 0.368 e. The minimum atomic E-state index is -4.63. The van der Waals surface area contributed by atoms with Gasteiger partial charge >= 0.3 is 12.2 Å². The van der Waals surface area contributed by atoms with Gasteiger partial charge in [0.15, 0.2) is 5.82 Å². The van der Waals surface area contributed by atoms with Gasteiger partial charge < -0.3 is 16.0 Å². The molecule has 0 saturated heterocycles. The third-order valence-corrected chi connectivity index (χ3v) is 5.47. The van der Waals surface area contributed by atoms with Gasteiger partial charge in [0.1, 0.15) is 0 Å². The number of hydrogen-bond acceptors (Lipinski definition) is 4. The Bertz CT molecular complexity index is 1420. The van der Waals surface area contributed by atoms with Crippen LogP contribution in [0.1, 0.15) is 11.1 Å². The topological polar surface area (TPSA) is 98.9 Å². The number of carbonyl (C=O) groups is 1. The van der Waals surface area contributed by atoms with Crippen LogP contribution in [0.25, 0.3) is 10.8 Å². The van der Waals surface area contributed by atoms with Crippen LogP contribution >= 0.6 is 11.6 Å². The van der Waals surface area contributed by atoms with Gasteiger partial charge in [0.25, 0.3) is 5.56 Å². The number of benzene rings is 3. The molecule has 7 nitrogen and oxygen atoms in total. The van der Waals surface area contributed by atoms with Crippen LogP contribution in [0.15, 0.2) is 71.5 Å². The zero-order valence-electron chi connectivity index (χ0n) is 18.0. The largest absolute Gasteiger partial charge is 0.417 e. The third kappa shape index (κ3) is 5.90. The average molecular weight is 502 g/mol. The van der Waals surface area contributed by atoms with Crippen molar-refractivity contribution < 1.29 is 18.0 Å². The number of H-pyrrole nitrogens is 1. The van der Waals surface area contributed by atoms with Crippen LogP contribution in [0.3, 0.4) is 0 Å². The molecule has 3 aromatic carbocycles. The van der Waals surface area contributed by atoms with Crippen LogP contribution in [0.5, 0.6) is 0 Å². The molecule has 4 aromatic rings. The van der Waals surface area contributed by atoms with Gasteiger partial charge in [-0.3, -0.25) is 4.79 Å². The minimum Gasteiger partial charge on any atom is -0.368 e. The van der Waals surface area contributed by atoms with Crippen LogP contribution in [-0.4, -0.2) is 22.8 Å². The van der Waals surface area contributed by atoms with Crippen LogP contribution in [0, 0.1) is 0 Å². The maximum absolute atomic E-state index is 13.0. The van der Waals surface area contributed by atoms with E-state index in [0.717, 1.165) is 23.1 Å². The van der Waals surface area contributed by atoms with E-state index in [2.05, 4.69) is 26.1 Å². The monoisotopic (exact) mass is 501 g/mol. The Morgan fingerprint density at radius 1 is 0.943 bits per heavy atom. The number of amides is 2. The van der Waals surface area contributed by atoms with Gasteiger partial charge in [-0.1, -0.05) is 41.9 Å². The first-order chi connectivity index (χ1) is 16.7. The minimum absolute atomic E-state index is 0.0368. The van der Waals surface area contributed by atoms with Crippen molar-refractivity contribution in [2.75, 3.05) is 22.5 Å². The quantitative estimate of drug-likeness (QED) is 0.264. The maximum Gasteiger partial charge on any atom is 0.417 e. The molecule has 0 bridgehead atoms. The van der Waals surface area contributed by atoms with Crippen molar-refractivity contribution in [3.05, 3.63) is 93.2 Å². The summed E-state index contributed by atoms with van der Waals surface area (Å²) in [6, 6.07) is 16.6. The van der Waals surface area contributed by atoms with Crippen LogP contribution in [0.2, 0.25) is 5.02 Å². The van der Waals surface area contributed by atoms with Crippen molar-refractivity contribution in [1.29, 1.82) is 0 Å². The molecule has 4 N–H and O–H groups in total. The zero-order chi connectivity index (χ0) is 25.0. The highest BCUT2D eigenvalue weighted by Crippen LogP contribution is 2.36. The predicted octanol–water partition coefficient (Wildman–Crippen LogP) is 5.89. The van der Waals surface area contributed by atoms with Gasteiger partial charge in [-0.2, -0.15) is 18.3 Å². The van der Waals surface area contributed by atoms with Crippen molar-refractivity contribution in [2.45, 2.75) is 12.6 Å². The summed E-state index contributed by atoms with van der Waals surface area (Å²) in [6.07, 6.45) is -3.98. The molecule has 11 heteroatoms. The Morgan fingerprint density at radius 3 is 2.31 bits per heavy atom. The van der Waals surface area contributed by atoms with Crippen LogP contribution in [0.4, 0.5) is 35.2 Å². The first-order valence-electron chi connectivity index (χ1n) is 10.5. The molecule has 2 amide bonds. The fourth-order valence-corrected chi connectivity index (χ4v) is 3.67. The molecule has 0 atom stereocenters. The second-order valence-electron chi connectivity index (χ2n) is 7.59. The molecule has 0 radical (unpaired) electrons. The molecule has 1 aromatic heterocycles. The van der Waals surface area contributed by atoms with E-state index in [0.29, 0.717) is 29.9 Å². The lowest BCUT2D eigenvalue weighted by atomic mass is 10.1. The van der Waals surface area contributed by atoms with E-state index < -0.39 is 22.8 Å². The number of rotatable bonds is 6. The third-order valence-electron chi connectivity index (χ3n) is 5.14. The van der Waals surface area contributed by atoms with Gasteiger partial charge in [-0.05, 0) is 48.4 Å². The normalized spacial score (nSPS) is 11.3. The standard InChI is InChI=1S/C24H19ClF3N5O2/c25-20-10-9-16(13-19(20)24(26,27)28)31-23(35)30-15-7-5-14(6-8-15)11-12-29-21-17-3-1-2-4-18(17)22(34)33-32-21/h1-10,13H,11-12H2,(H,29,32)(H,33,34)(H2,30,31,35). The number of hydrogen-bond donors (Lipinski definition) is 4. The molecule has 180 valence electrons. The molecule has 0 aliphatic heterocycles. The predicted molar refractivity (Wildman–Crippen MR) is 130 cm³/mol. The van der Waals surface area contributed by atoms with Crippen LogP contribution in [-0.2, 0) is 12.6 Å². The van der Waals surface area contributed by atoms with Gasteiger partial charge in [0.2, 0.25) is 0 Å². The number of halogens is 4. The molecular formula is C24H19ClF3N5O2. The second-order valence-corrected chi connectivity index (χ2v) is 8.00. The van der Waals surface area contributed by atoms with Crippen molar-refractivity contribution in [2.24, 2.45) is 0 Å². The number of nitrogens with one attached hydrogen (secondary N) is 4. The molecule has 0 spiro atoms. The fourth-order valence-electron chi connectivity index (χ4n) is 3.44. The number of fused-ring (bicyclic) bond motifs is 1. The van der Waals surface area contributed by atoms with Crippen molar-refractivity contribution in [3.63, 3.8) is 0 Å². The number of alkyl halides is 3. The number of urea groups is 1. The summed E-state index contributed by atoms with van der Waals surface area (Å²) < 4.78 is 39.0. The number of aromatic amines is 1. The number of anilines is 3. The molecule has 4 rings (SSSR count). The molecule has 0 unspecified atom stereocenters. The maximum atomic E-state index is 13.0. The molecule has 1 heterocycles. The van der Waals surface area contributed by atoms with Crippen LogP contribution < -0.4 is 21.5 Å². The van der Waals surface area contributed by atoms with Gasteiger partial charge in [-0.25, -0.2) is 9.89 Å². The van der Waals surface area contributed by atoms with Gasteiger partial charge in [0, 0.05) is 23.3 Å². The number of nitrogens with zero attached hydrogens (tertiary/aromatic N) is 1. The van der Waals surface area contributed by atoms with E-state index in [1.165, 1.54) is 6.07 Å². The molecule has 0 saturated carbocycles. The molecule has 35 heavy (non-hydrogen) atoms. The summed E-state index contributed by atoms with van der Waals surface area (Å²) in [5, 5.41) is 15.5. The number of carbonyl (C=O) groups excluding carboxylic acids is 1. The highest BCUT2D eigenvalue weighted by molar-refractivity contribution is 6.31. The lowest BCUT2D eigenvalue weighted by Crippen LogP contribution is -2.20. The Hall–Kier alpha value is -4.05.